The highest BCUT2D eigenvalue weighted by Crippen LogP contribution is 2.32. The van der Waals surface area contributed by atoms with Crippen molar-refractivity contribution in [3.63, 3.8) is 0 Å². The number of alkyl halides is 3. The van der Waals surface area contributed by atoms with E-state index in [2.05, 4.69) is 4.74 Å². The molecule has 0 amide bonds. The van der Waals surface area contributed by atoms with E-state index < -0.39 is 23.9 Å². The summed E-state index contributed by atoms with van der Waals surface area (Å²) in [6.45, 7) is 0. The van der Waals surface area contributed by atoms with E-state index in [1.807, 2.05) is 0 Å². The Morgan fingerprint density at radius 3 is 2.29 bits per heavy atom. The van der Waals surface area contributed by atoms with Crippen molar-refractivity contribution in [3.8, 4) is 16.9 Å². The second-order valence-corrected chi connectivity index (χ2v) is 4.04. The maximum Gasteiger partial charge on any atom is 0.573 e. The van der Waals surface area contributed by atoms with E-state index in [-0.39, 0.29) is 16.7 Å². The van der Waals surface area contributed by atoms with Gasteiger partial charge in [0.15, 0.2) is 0 Å². The maximum atomic E-state index is 13.7. The highest BCUT2D eigenvalue weighted by molar-refractivity contribution is 5.96. The van der Waals surface area contributed by atoms with Crippen molar-refractivity contribution in [2.45, 2.75) is 6.36 Å². The minimum Gasteiger partial charge on any atom is -0.478 e. The van der Waals surface area contributed by atoms with E-state index in [1.54, 1.807) is 0 Å². The van der Waals surface area contributed by atoms with Crippen LogP contribution in [0.4, 0.5) is 17.6 Å². The fraction of sp³-hybridized carbons (Fsp3) is 0.0714. The van der Waals surface area contributed by atoms with Gasteiger partial charge in [-0.05, 0) is 24.3 Å². The average molecular weight is 300 g/mol. The van der Waals surface area contributed by atoms with Gasteiger partial charge in [-0.15, -0.1) is 13.2 Å². The van der Waals surface area contributed by atoms with E-state index in [1.165, 1.54) is 18.2 Å². The lowest BCUT2D eigenvalue weighted by atomic mass is 9.99. The first kappa shape index (κ1) is 14.8. The number of carboxylic acids is 1. The van der Waals surface area contributed by atoms with Gasteiger partial charge in [0.05, 0.1) is 5.56 Å². The van der Waals surface area contributed by atoms with Gasteiger partial charge < -0.3 is 9.84 Å². The predicted octanol–water partition coefficient (Wildman–Crippen LogP) is 4.09. The molecule has 7 heteroatoms. The molecule has 21 heavy (non-hydrogen) atoms. The van der Waals surface area contributed by atoms with Crippen LogP contribution in [0.5, 0.6) is 5.75 Å². The molecule has 2 rings (SSSR count). The molecular weight excluding hydrogens is 292 g/mol. The summed E-state index contributed by atoms with van der Waals surface area (Å²) < 4.78 is 54.1. The van der Waals surface area contributed by atoms with Gasteiger partial charge >= 0.3 is 12.3 Å². The second-order valence-electron chi connectivity index (χ2n) is 4.04. The monoisotopic (exact) mass is 300 g/mol. The minimum atomic E-state index is -4.92. The van der Waals surface area contributed by atoms with Crippen LogP contribution in [0.3, 0.4) is 0 Å². The Hall–Kier alpha value is -2.57. The number of benzene rings is 2. The number of halogens is 4. The molecule has 0 aliphatic heterocycles. The highest BCUT2D eigenvalue weighted by atomic mass is 19.4. The van der Waals surface area contributed by atoms with Gasteiger partial charge in [0.1, 0.15) is 11.6 Å². The Kier molecular flexibility index (Phi) is 3.84. The third-order valence-corrected chi connectivity index (χ3v) is 2.62. The van der Waals surface area contributed by atoms with E-state index in [0.717, 1.165) is 24.3 Å². The third kappa shape index (κ3) is 3.50. The number of carbonyl (C=O) groups is 1. The molecule has 0 saturated heterocycles. The largest absolute Gasteiger partial charge is 0.573 e. The zero-order valence-corrected chi connectivity index (χ0v) is 10.3. The fourth-order valence-corrected chi connectivity index (χ4v) is 1.81. The number of carboxylic acid groups (broad SMARTS) is 1. The zero-order chi connectivity index (χ0) is 15.6. The molecule has 0 atom stereocenters. The Morgan fingerprint density at radius 1 is 1.05 bits per heavy atom. The number of aromatic carboxylic acids is 1. The summed E-state index contributed by atoms with van der Waals surface area (Å²) in [5.41, 5.74) is -0.639. The molecule has 0 aromatic heterocycles. The predicted molar refractivity (Wildman–Crippen MR) is 65.5 cm³/mol. The van der Waals surface area contributed by atoms with Crippen LogP contribution in [0.15, 0.2) is 42.5 Å². The maximum absolute atomic E-state index is 13.7. The molecule has 0 fully saturated rings. The highest BCUT2D eigenvalue weighted by Gasteiger charge is 2.31. The van der Waals surface area contributed by atoms with Gasteiger partial charge in [0.25, 0.3) is 0 Å². The van der Waals surface area contributed by atoms with Crippen molar-refractivity contribution in [1.82, 2.24) is 0 Å². The first-order valence-electron chi connectivity index (χ1n) is 5.66. The fourth-order valence-electron chi connectivity index (χ4n) is 1.81. The molecule has 1 N–H and O–H groups in total. The normalized spacial score (nSPS) is 11.2. The Bertz CT molecular complexity index is 680. The molecule has 0 spiro atoms. The van der Waals surface area contributed by atoms with Gasteiger partial charge in [0.2, 0.25) is 0 Å². The first-order chi connectivity index (χ1) is 9.78. The van der Waals surface area contributed by atoms with Crippen LogP contribution in [-0.2, 0) is 0 Å². The van der Waals surface area contributed by atoms with E-state index in [0.29, 0.717) is 0 Å². The summed E-state index contributed by atoms with van der Waals surface area (Å²) in [5.74, 6) is -2.75. The lowest BCUT2D eigenvalue weighted by Gasteiger charge is -2.12. The van der Waals surface area contributed by atoms with E-state index in [4.69, 9.17) is 5.11 Å². The standard InChI is InChI=1S/C14H8F4O3/c15-12-4-2-1-3-9(12)11-7-8(21-14(16,17)18)5-6-10(11)13(19)20/h1-7H,(H,19,20). The van der Waals surface area contributed by atoms with E-state index in [9.17, 15) is 22.4 Å². The molecule has 2 aromatic carbocycles. The number of hydrogen-bond acceptors (Lipinski definition) is 2. The van der Waals surface area contributed by atoms with E-state index >= 15 is 0 Å². The minimum absolute atomic E-state index is 0.123. The molecule has 110 valence electrons. The van der Waals surface area contributed by atoms with Gasteiger partial charge in [-0.2, -0.15) is 0 Å². The number of rotatable bonds is 3. The van der Waals surface area contributed by atoms with Gasteiger partial charge in [-0.1, -0.05) is 18.2 Å². The smallest absolute Gasteiger partial charge is 0.478 e. The van der Waals surface area contributed by atoms with Gasteiger partial charge in [-0.3, -0.25) is 0 Å². The van der Waals surface area contributed by atoms with Crippen LogP contribution in [0.25, 0.3) is 11.1 Å². The van der Waals surface area contributed by atoms with Crippen molar-refractivity contribution < 1.29 is 32.2 Å². The topological polar surface area (TPSA) is 46.5 Å². The SMILES string of the molecule is O=C(O)c1ccc(OC(F)(F)F)cc1-c1ccccc1F. The van der Waals surface area contributed by atoms with Crippen LogP contribution >= 0.6 is 0 Å². The van der Waals surface area contributed by atoms with Gasteiger partial charge in [0, 0.05) is 11.1 Å². The molecular formula is C14H8F4O3. The molecule has 2 aromatic rings. The zero-order valence-electron chi connectivity index (χ0n) is 10.3. The summed E-state index contributed by atoms with van der Waals surface area (Å²) in [4.78, 5) is 11.1. The molecule has 0 aliphatic carbocycles. The van der Waals surface area contributed by atoms with Crippen molar-refractivity contribution in [1.29, 1.82) is 0 Å². The molecule has 0 bridgehead atoms. The Labute approximate surface area is 116 Å². The van der Waals surface area contributed by atoms with Crippen LogP contribution in [0.1, 0.15) is 10.4 Å². The molecule has 0 radical (unpaired) electrons. The second kappa shape index (κ2) is 5.43. The van der Waals surface area contributed by atoms with Crippen molar-refractivity contribution in [2.75, 3.05) is 0 Å². The molecule has 0 heterocycles. The molecule has 0 saturated carbocycles. The summed E-state index contributed by atoms with van der Waals surface area (Å²) in [6, 6.07) is 7.82. The summed E-state index contributed by atoms with van der Waals surface area (Å²) in [7, 11) is 0. The number of ether oxygens (including phenoxy) is 1. The summed E-state index contributed by atoms with van der Waals surface area (Å²) in [5, 5.41) is 9.06. The first-order valence-corrected chi connectivity index (χ1v) is 5.66. The quantitative estimate of drug-likeness (QED) is 0.868. The Morgan fingerprint density at radius 2 is 1.71 bits per heavy atom. The summed E-state index contributed by atoms with van der Waals surface area (Å²) in [6.07, 6.45) is -4.92. The molecule has 0 aliphatic rings. The van der Waals surface area contributed by atoms with Crippen molar-refractivity contribution in [2.24, 2.45) is 0 Å². The van der Waals surface area contributed by atoms with Crippen LogP contribution < -0.4 is 4.74 Å². The van der Waals surface area contributed by atoms with Crippen LogP contribution in [0, 0.1) is 5.82 Å². The third-order valence-electron chi connectivity index (χ3n) is 2.62. The Balaban J connectivity index is 2.58. The van der Waals surface area contributed by atoms with Crippen molar-refractivity contribution in [3.05, 3.63) is 53.8 Å². The van der Waals surface area contributed by atoms with Crippen LogP contribution in [-0.4, -0.2) is 17.4 Å². The molecule has 0 unspecified atom stereocenters. The average Bonchev–Trinajstić information content (AvgIpc) is 2.37. The van der Waals surface area contributed by atoms with Crippen molar-refractivity contribution >= 4 is 5.97 Å². The lowest BCUT2D eigenvalue weighted by molar-refractivity contribution is -0.274. The summed E-state index contributed by atoms with van der Waals surface area (Å²) >= 11 is 0. The number of hydrogen-bond donors (Lipinski definition) is 1. The van der Waals surface area contributed by atoms with Gasteiger partial charge in [-0.25, -0.2) is 9.18 Å². The van der Waals surface area contributed by atoms with Crippen LogP contribution in [0.2, 0.25) is 0 Å². The molecule has 3 nitrogen and oxygen atoms in total. The lowest BCUT2D eigenvalue weighted by Crippen LogP contribution is -2.17.